The van der Waals surface area contributed by atoms with E-state index in [0.29, 0.717) is 56.4 Å². The molecule has 1 aliphatic heterocycles. The number of aryl methyl sites for hydroxylation is 1. The number of nitrogens with one attached hydrogen (secondary N) is 2. The Labute approximate surface area is 225 Å². The summed E-state index contributed by atoms with van der Waals surface area (Å²) in [5.41, 5.74) is 3.06. The fourth-order valence-electron chi connectivity index (χ4n) is 4.73. The van der Waals surface area contributed by atoms with Gasteiger partial charge >= 0.3 is 0 Å². The van der Waals surface area contributed by atoms with Crippen molar-refractivity contribution in [3.63, 3.8) is 0 Å². The summed E-state index contributed by atoms with van der Waals surface area (Å²) in [6.07, 6.45) is 3.16. The van der Waals surface area contributed by atoms with Gasteiger partial charge < -0.3 is 10.6 Å². The fourth-order valence-corrected chi connectivity index (χ4v) is 6.31. The Kier molecular flexibility index (Phi) is 9.67. The molecular weight excluding hydrogens is 498 g/mol. The van der Waals surface area contributed by atoms with E-state index >= 15 is 0 Å². The normalized spacial score (nSPS) is 16.1. The maximum Gasteiger partial charge on any atom is 0.253 e. The molecule has 2 N–H and O–H groups in total. The molecule has 0 spiro atoms. The monoisotopic (exact) mass is 533 g/mol. The number of benzene rings is 3. The van der Waals surface area contributed by atoms with E-state index in [1.54, 1.807) is 24.3 Å². The SMILES string of the molecule is O=C(NCCc1ccccc1)c1ccccc1NC(=O)[C@H]1CCCN(S(=O)(=O)CCCc2ccccc2)C1. The Morgan fingerprint density at radius 1 is 0.842 bits per heavy atom. The third-order valence-corrected chi connectivity index (χ3v) is 8.75. The van der Waals surface area contributed by atoms with Gasteiger partial charge in [0.1, 0.15) is 0 Å². The maximum atomic E-state index is 13.1. The summed E-state index contributed by atoms with van der Waals surface area (Å²) in [4.78, 5) is 26.0. The van der Waals surface area contributed by atoms with Crippen molar-refractivity contribution in [2.75, 3.05) is 30.7 Å². The maximum absolute atomic E-state index is 13.1. The van der Waals surface area contributed by atoms with Gasteiger partial charge in [-0.1, -0.05) is 72.8 Å². The Balaban J connectivity index is 1.31. The van der Waals surface area contributed by atoms with Crippen LogP contribution < -0.4 is 10.6 Å². The fraction of sp³-hybridized carbons (Fsp3) is 0.333. The van der Waals surface area contributed by atoms with E-state index in [4.69, 9.17) is 0 Å². The van der Waals surface area contributed by atoms with Crippen LogP contribution in [0.15, 0.2) is 84.9 Å². The Morgan fingerprint density at radius 3 is 2.18 bits per heavy atom. The molecule has 1 heterocycles. The second-order valence-corrected chi connectivity index (χ2v) is 11.7. The van der Waals surface area contributed by atoms with Crippen molar-refractivity contribution >= 4 is 27.5 Å². The molecule has 3 aromatic carbocycles. The van der Waals surface area contributed by atoms with Gasteiger partial charge in [-0.05, 0) is 55.4 Å². The van der Waals surface area contributed by atoms with Crippen LogP contribution in [0.3, 0.4) is 0 Å². The number of hydrogen-bond donors (Lipinski definition) is 2. The number of sulfonamides is 1. The van der Waals surface area contributed by atoms with Gasteiger partial charge in [0.2, 0.25) is 15.9 Å². The first kappa shape index (κ1) is 27.5. The molecule has 1 aliphatic rings. The smallest absolute Gasteiger partial charge is 0.253 e. The van der Waals surface area contributed by atoms with Crippen LogP contribution in [0.5, 0.6) is 0 Å². The number of para-hydroxylation sites is 1. The lowest BCUT2D eigenvalue weighted by atomic mass is 9.98. The van der Waals surface area contributed by atoms with E-state index in [1.807, 2.05) is 60.7 Å². The van der Waals surface area contributed by atoms with Gasteiger partial charge in [0.05, 0.1) is 22.9 Å². The van der Waals surface area contributed by atoms with E-state index in [9.17, 15) is 18.0 Å². The molecule has 0 unspecified atom stereocenters. The number of anilines is 1. The van der Waals surface area contributed by atoms with E-state index in [1.165, 1.54) is 4.31 Å². The molecule has 2 amide bonds. The number of nitrogens with zero attached hydrogens (tertiary/aromatic N) is 1. The zero-order chi connectivity index (χ0) is 26.8. The van der Waals surface area contributed by atoms with E-state index < -0.39 is 15.9 Å². The quantitative estimate of drug-likeness (QED) is 0.385. The summed E-state index contributed by atoms with van der Waals surface area (Å²) in [5.74, 6) is -0.939. The Bertz CT molecular complexity index is 1310. The van der Waals surface area contributed by atoms with Gasteiger partial charge in [-0.15, -0.1) is 0 Å². The van der Waals surface area contributed by atoms with Crippen LogP contribution >= 0.6 is 0 Å². The standard InChI is InChI=1S/C30H35N3O4S/c34-29(26-16-9-21-33(23-26)38(36,37)22-10-15-24-11-3-1-4-12-24)32-28-18-8-7-17-27(28)30(35)31-20-19-25-13-5-2-6-14-25/h1-8,11-14,17-18,26H,9-10,15-16,19-23H2,(H,31,35)(H,32,34)/t26-/m0/s1. The zero-order valence-electron chi connectivity index (χ0n) is 21.5. The minimum atomic E-state index is -3.46. The van der Waals surface area contributed by atoms with Crippen LogP contribution in [-0.4, -0.2) is 49.9 Å². The van der Waals surface area contributed by atoms with Crippen molar-refractivity contribution in [1.29, 1.82) is 0 Å². The highest BCUT2D eigenvalue weighted by molar-refractivity contribution is 7.89. The van der Waals surface area contributed by atoms with Crippen LogP contribution in [0.4, 0.5) is 5.69 Å². The third-order valence-electron chi connectivity index (χ3n) is 6.83. The summed E-state index contributed by atoms with van der Waals surface area (Å²) in [6, 6.07) is 26.6. The van der Waals surface area contributed by atoms with E-state index in [-0.39, 0.29) is 24.1 Å². The second-order valence-electron chi connectivity index (χ2n) is 9.63. The molecular formula is C30H35N3O4S. The topological polar surface area (TPSA) is 95.6 Å². The highest BCUT2D eigenvalue weighted by atomic mass is 32.2. The molecule has 38 heavy (non-hydrogen) atoms. The lowest BCUT2D eigenvalue weighted by molar-refractivity contribution is -0.120. The molecule has 8 heteroatoms. The van der Waals surface area contributed by atoms with Gasteiger partial charge in [-0.2, -0.15) is 0 Å². The molecule has 3 aromatic rings. The minimum Gasteiger partial charge on any atom is -0.352 e. The summed E-state index contributed by atoms with van der Waals surface area (Å²) in [7, 11) is -3.46. The lowest BCUT2D eigenvalue weighted by Crippen LogP contribution is -2.44. The molecule has 0 bridgehead atoms. The minimum absolute atomic E-state index is 0.0578. The number of hydrogen-bond acceptors (Lipinski definition) is 4. The van der Waals surface area contributed by atoms with Crippen molar-refractivity contribution in [2.45, 2.75) is 32.1 Å². The molecule has 0 aliphatic carbocycles. The predicted octanol–water partition coefficient (Wildman–Crippen LogP) is 4.27. The first-order chi connectivity index (χ1) is 18.4. The van der Waals surface area contributed by atoms with Crippen molar-refractivity contribution in [3.8, 4) is 0 Å². The molecule has 1 saturated heterocycles. The van der Waals surface area contributed by atoms with Crippen molar-refractivity contribution in [2.24, 2.45) is 5.92 Å². The highest BCUT2D eigenvalue weighted by Crippen LogP contribution is 2.23. The van der Waals surface area contributed by atoms with Gasteiger partial charge in [0.25, 0.3) is 5.91 Å². The van der Waals surface area contributed by atoms with Crippen LogP contribution in [0.1, 0.15) is 40.7 Å². The van der Waals surface area contributed by atoms with Gasteiger partial charge in [0, 0.05) is 19.6 Å². The molecule has 1 fully saturated rings. The predicted molar refractivity (Wildman–Crippen MR) is 150 cm³/mol. The van der Waals surface area contributed by atoms with Crippen molar-refractivity contribution in [1.82, 2.24) is 9.62 Å². The zero-order valence-corrected chi connectivity index (χ0v) is 22.3. The molecule has 7 nitrogen and oxygen atoms in total. The molecule has 1 atom stereocenters. The lowest BCUT2D eigenvalue weighted by Gasteiger charge is -2.31. The first-order valence-corrected chi connectivity index (χ1v) is 14.8. The van der Waals surface area contributed by atoms with E-state index in [0.717, 1.165) is 11.1 Å². The molecule has 200 valence electrons. The Hall–Kier alpha value is -3.49. The van der Waals surface area contributed by atoms with E-state index in [2.05, 4.69) is 10.6 Å². The highest BCUT2D eigenvalue weighted by Gasteiger charge is 2.32. The number of carbonyl (C=O) groups is 2. The number of carbonyl (C=O) groups excluding carboxylic acids is 2. The number of amides is 2. The largest absolute Gasteiger partial charge is 0.352 e. The molecule has 4 rings (SSSR count). The van der Waals surface area contributed by atoms with Crippen LogP contribution in [-0.2, 0) is 27.7 Å². The summed E-state index contributed by atoms with van der Waals surface area (Å²) >= 11 is 0. The third kappa shape index (κ3) is 7.76. The number of rotatable bonds is 11. The van der Waals surface area contributed by atoms with Gasteiger partial charge in [0.15, 0.2) is 0 Å². The van der Waals surface area contributed by atoms with Crippen LogP contribution in [0.2, 0.25) is 0 Å². The van der Waals surface area contributed by atoms with Crippen LogP contribution in [0.25, 0.3) is 0 Å². The summed E-state index contributed by atoms with van der Waals surface area (Å²) in [5, 5.41) is 5.81. The Morgan fingerprint density at radius 2 is 1.47 bits per heavy atom. The summed E-state index contributed by atoms with van der Waals surface area (Å²) in [6.45, 7) is 1.06. The second kappa shape index (κ2) is 13.3. The van der Waals surface area contributed by atoms with Crippen molar-refractivity contribution < 1.29 is 18.0 Å². The number of piperidine rings is 1. The first-order valence-electron chi connectivity index (χ1n) is 13.2. The average molecular weight is 534 g/mol. The summed E-state index contributed by atoms with van der Waals surface area (Å²) < 4.78 is 27.4. The molecule has 0 saturated carbocycles. The average Bonchev–Trinajstić information content (AvgIpc) is 2.94. The molecule has 0 radical (unpaired) electrons. The van der Waals surface area contributed by atoms with Crippen LogP contribution in [0, 0.1) is 5.92 Å². The molecule has 0 aromatic heterocycles. The van der Waals surface area contributed by atoms with Gasteiger partial charge in [-0.25, -0.2) is 12.7 Å². The van der Waals surface area contributed by atoms with Crippen molar-refractivity contribution in [3.05, 3.63) is 102 Å². The van der Waals surface area contributed by atoms with Gasteiger partial charge in [-0.3, -0.25) is 9.59 Å².